The van der Waals surface area contributed by atoms with E-state index in [0.717, 1.165) is 30.7 Å². The maximum atomic E-state index is 12.8. The summed E-state index contributed by atoms with van der Waals surface area (Å²) >= 11 is 1.49. The van der Waals surface area contributed by atoms with E-state index in [2.05, 4.69) is 20.5 Å². The molecule has 0 aromatic carbocycles. The smallest absolute Gasteiger partial charge is 0.322 e. The number of thiazole rings is 1. The van der Waals surface area contributed by atoms with Crippen LogP contribution in [0.25, 0.3) is 10.7 Å². The summed E-state index contributed by atoms with van der Waals surface area (Å²) in [5.41, 5.74) is 1.34. The van der Waals surface area contributed by atoms with Crippen molar-refractivity contribution in [3.8, 4) is 10.7 Å². The Kier molecular flexibility index (Phi) is 4.62. The average molecular weight is 374 g/mol. The van der Waals surface area contributed by atoms with Gasteiger partial charge in [-0.05, 0) is 25.7 Å². The van der Waals surface area contributed by atoms with Crippen molar-refractivity contribution >= 4 is 29.0 Å². The number of amides is 3. The fraction of sp³-hybridized carbons (Fsp3) is 0.529. The number of rotatable bonds is 5. The highest BCUT2D eigenvalue weighted by molar-refractivity contribution is 7.13. The SMILES string of the molecule is CC(=O)N(CC1CCCN1C(=O)Nc1cn[nH]c1-c1nccs1)C1CC1. The van der Waals surface area contributed by atoms with Crippen LogP contribution in [0.3, 0.4) is 0 Å². The van der Waals surface area contributed by atoms with E-state index in [1.54, 1.807) is 19.3 Å². The molecule has 1 unspecified atom stereocenters. The highest BCUT2D eigenvalue weighted by Gasteiger charge is 2.36. The molecule has 2 aromatic heterocycles. The Hall–Kier alpha value is -2.42. The third kappa shape index (κ3) is 3.44. The molecular formula is C17H22N6O2S. The molecule has 4 rings (SSSR count). The Morgan fingerprint density at radius 1 is 1.42 bits per heavy atom. The highest BCUT2D eigenvalue weighted by Crippen LogP contribution is 2.30. The summed E-state index contributed by atoms with van der Waals surface area (Å²) in [6, 6.07) is 0.282. The minimum absolute atomic E-state index is 0.0645. The van der Waals surface area contributed by atoms with Gasteiger partial charge in [0.25, 0.3) is 0 Å². The summed E-state index contributed by atoms with van der Waals surface area (Å²) in [6.07, 6.45) is 7.35. The number of anilines is 1. The molecular weight excluding hydrogens is 352 g/mol. The number of hydrogen-bond acceptors (Lipinski definition) is 5. The van der Waals surface area contributed by atoms with Gasteiger partial charge in [-0.3, -0.25) is 9.89 Å². The Balaban J connectivity index is 1.44. The minimum atomic E-state index is -0.147. The Morgan fingerprint density at radius 3 is 2.96 bits per heavy atom. The van der Waals surface area contributed by atoms with Gasteiger partial charge in [-0.15, -0.1) is 11.3 Å². The zero-order valence-corrected chi connectivity index (χ0v) is 15.5. The van der Waals surface area contributed by atoms with E-state index in [4.69, 9.17) is 0 Å². The molecule has 26 heavy (non-hydrogen) atoms. The molecule has 3 heterocycles. The van der Waals surface area contributed by atoms with E-state index in [-0.39, 0.29) is 18.0 Å². The largest absolute Gasteiger partial charge is 0.338 e. The Bertz CT molecular complexity index is 785. The van der Waals surface area contributed by atoms with Gasteiger partial charge < -0.3 is 15.1 Å². The topological polar surface area (TPSA) is 94.2 Å². The van der Waals surface area contributed by atoms with Crippen LogP contribution in [0, 0.1) is 0 Å². The molecule has 2 aromatic rings. The van der Waals surface area contributed by atoms with Crippen molar-refractivity contribution in [3.63, 3.8) is 0 Å². The second kappa shape index (κ2) is 7.06. The van der Waals surface area contributed by atoms with Crippen LogP contribution in [-0.2, 0) is 4.79 Å². The number of carbonyl (C=O) groups excluding carboxylic acids is 2. The standard InChI is InChI=1S/C17H22N6O2S/c1-11(24)23(12-4-5-12)10-13-3-2-7-22(13)17(25)20-14-9-19-21-15(14)16-18-6-8-26-16/h6,8-9,12-13H,2-5,7,10H2,1H3,(H,19,21)(H,20,25). The molecule has 0 spiro atoms. The van der Waals surface area contributed by atoms with Crippen molar-refractivity contribution in [1.82, 2.24) is 25.0 Å². The second-order valence-corrected chi connectivity index (χ2v) is 7.71. The predicted molar refractivity (Wildman–Crippen MR) is 98.9 cm³/mol. The molecule has 8 nitrogen and oxygen atoms in total. The molecule has 1 atom stereocenters. The summed E-state index contributed by atoms with van der Waals surface area (Å²) in [6.45, 7) is 2.94. The lowest BCUT2D eigenvalue weighted by atomic mass is 10.2. The van der Waals surface area contributed by atoms with Gasteiger partial charge >= 0.3 is 6.03 Å². The van der Waals surface area contributed by atoms with Crippen LogP contribution >= 0.6 is 11.3 Å². The molecule has 1 saturated heterocycles. The van der Waals surface area contributed by atoms with E-state index >= 15 is 0 Å². The Labute approximate surface area is 155 Å². The van der Waals surface area contributed by atoms with Crippen LogP contribution < -0.4 is 5.32 Å². The number of urea groups is 1. The molecule has 1 aliphatic heterocycles. The molecule has 3 amide bonds. The average Bonchev–Trinajstić information content (AvgIpc) is 3.05. The first-order valence-electron chi connectivity index (χ1n) is 8.91. The van der Waals surface area contributed by atoms with Crippen molar-refractivity contribution in [2.45, 2.75) is 44.7 Å². The number of aromatic amines is 1. The van der Waals surface area contributed by atoms with Crippen LogP contribution in [0.2, 0.25) is 0 Å². The molecule has 2 fully saturated rings. The maximum Gasteiger partial charge on any atom is 0.322 e. The monoisotopic (exact) mass is 374 g/mol. The number of likely N-dealkylation sites (tertiary alicyclic amines) is 1. The van der Waals surface area contributed by atoms with Gasteiger partial charge in [-0.2, -0.15) is 5.10 Å². The van der Waals surface area contributed by atoms with Crippen LogP contribution in [0.5, 0.6) is 0 Å². The zero-order chi connectivity index (χ0) is 18.1. The van der Waals surface area contributed by atoms with Crippen LogP contribution in [0.15, 0.2) is 17.8 Å². The van der Waals surface area contributed by atoms with Gasteiger partial charge in [0.05, 0.1) is 17.9 Å². The molecule has 2 N–H and O–H groups in total. The van der Waals surface area contributed by atoms with Gasteiger partial charge in [0, 0.05) is 37.6 Å². The van der Waals surface area contributed by atoms with E-state index in [9.17, 15) is 9.59 Å². The van der Waals surface area contributed by atoms with Crippen molar-refractivity contribution in [2.24, 2.45) is 0 Å². The van der Waals surface area contributed by atoms with Crippen molar-refractivity contribution < 1.29 is 9.59 Å². The van der Waals surface area contributed by atoms with Crippen LogP contribution in [0.1, 0.15) is 32.6 Å². The van der Waals surface area contributed by atoms with Crippen molar-refractivity contribution in [1.29, 1.82) is 0 Å². The number of nitrogens with one attached hydrogen (secondary N) is 2. The van der Waals surface area contributed by atoms with E-state index in [1.807, 2.05) is 15.2 Å². The summed E-state index contributed by atoms with van der Waals surface area (Å²) in [7, 11) is 0. The van der Waals surface area contributed by atoms with Gasteiger partial charge in [-0.25, -0.2) is 9.78 Å². The molecule has 9 heteroatoms. The number of aromatic nitrogens is 3. The quantitative estimate of drug-likeness (QED) is 0.841. The fourth-order valence-electron chi connectivity index (χ4n) is 3.52. The normalized spacial score (nSPS) is 19.6. The molecule has 0 radical (unpaired) electrons. The highest BCUT2D eigenvalue weighted by atomic mass is 32.1. The van der Waals surface area contributed by atoms with Crippen LogP contribution in [-0.4, -0.2) is 62.1 Å². The number of H-pyrrole nitrogens is 1. The summed E-state index contributed by atoms with van der Waals surface area (Å²) in [4.78, 5) is 32.8. The van der Waals surface area contributed by atoms with Gasteiger partial charge in [0.15, 0.2) is 0 Å². The van der Waals surface area contributed by atoms with Crippen molar-refractivity contribution in [3.05, 3.63) is 17.8 Å². The van der Waals surface area contributed by atoms with Gasteiger partial charge in [0.2, 0.25) is 5.91 Å². The van der Waals surface area contributed by atoms with Gasteiger partial charge in [0.1, 0.15) is 10.7 Å². The third-order valence-electron chi connectivity index (χ3n) is 4.96. The van der Waals surface area contributed by atoms with Gasteiger partial charge in [-0.1, -0.05) is 0 Å². The molecule has 1 saturated carbocycles. The number of hydrogen-bond donors (Lipinski definition) is 2. The summed E-state index contributed by atoms with van der Waals surface area (Å²) in [5, 5.41) is 12.6. The first kappa shape index (κ1) is 17.0. The molecule has 0 bridgehead atoms. The van der Waals surface area contributed by atoms with E-state index < -0.39 is 0 Å². The predicted octanol–water partition coefficient (Wildman–Crippen LogP) is 2.54. The van der Waals surface area contributed by atoms with E-state index in [1.165, 1.54) is 11.3 Å². The number of carbonyl (C=O) groups is 2. The van der Waals surface area contributed by atoms with Crippen molar-refractivity contribution in [2.75, 3.05) is 18.4 Å². The van der Waals surface area contributed by atoms with Crippen LogP contribution in [0.4, 0.5) is 10.5 Å². The Morgan fingerprint density at radius 2 is 2.27 bits per heavy atom. The molecule has 1 aliphatic carbocycles. The van der Waals surface area contributed by atoms with E-state index in [0.29, 0.717) is 30.5 Å². The molecule has 138 valence electrons. The lowest BCUT2D eigenvalue weighted by Crippen LogP contribution is -2.46. The molecule has 2 aliphatic rings. The minimum Gasteiger partial charge on any atom is -0.338 e. The lowest BCUT2D eigenvalue weighted by Gasteiger charge is -2.30. The first-order chi connectivity index (χ1) is 12.6. The fourth-order valence-corrected chi connectivity index (χ4v) is 4.16. The zero-order valence-electron chi connectivity index (χ0n) is 14.6. The maximum absolute atomic E-state index is 12.8. The third-order valence-corrected chi connectivity index (χ3v) is 5.76. The summed E-state index contributed by atoms with van der Waals surface area (Å²) in [5.74, 6) is 0.0978. The number of nitrogens with zero attached hydrogens (tertiary/aromatic N) is 4. The second-order valence-electron chi connectivity index (χ2n) is 6.82. The summed E-state index contributed by atoms with van der Waals surface area (Å²) < 4.78 is 0. The first-order valence-corrected chi connectivity index (χ1v) is 9.79. The lowest BCUT2D eigenvalue weighted by molar-refractivity contribution is -0.130.